The van der Waals surface area contributed by atoms with Crippen LogP contribution in [0.2, 0.25) is 0 Å². The predicted octanol–water partition coefficient (Wildman–Crippen LogP) is 5.10. The standard InChI is InChI=1S/C22H22N4O3S2/c1-13-5-6-14(2)19(9-13)28-11-20-24-25-22(29-20)31-12-18(27)17-10-15(3)26(16(17)4)21-23-7-8-30-21/h5-10H,11-12H2,1-4H3. The molecule has 0 N–H and O–H groups in total. The second kappa shape index (κ2) is 9.07. The fourth-order valence-corrected chi connectivity index (χ4v) is 4.64. The van der Waals surface area contributed by atoms with Gasteiger partial charge in [0, 0.05) is 28.5 Å². The molecule has 0 amide bonds. The SMILES string of the molecule is Cc1ccc(C)c(OCc2nnc(SCC(=O)c3cc(C)n(-c4nccs4)c3C)o2)c1. The van der Waals surface area contributed by atoms with Gasteiger partial charge in [-0.05, 0) is 51.0 Å². The van der Waals surface area contributed by atoms with Crippen LogP contribution in [0.25, 0.3) is 5.13 Å². The highest BCUT2D eigenvalue weighted by Crippen LogP contribution is 2.25. The van der Waals surface area contributed by atoms with E-state index in [1.165, 1.54) is 23.1 Å². The van der Waals surface area contributed by atoms with Crippen molar-refractivity contribution in [1.82, 2.24) is 19.7 Å². The summed E-state index contributed by atoms with van der Waals surface area (Å²) in [6.45, 7) is 8.08. The highest BCUT2D eigenvalue weighted by atomic mass is 32.2. The topological polar surface area (TPSA) is 83.0 Å². The lowest BCUT2D eigenvalue weighted by molar-refractivity contribution is 0.102. The van der Waals surface area contributed by atoms with Crippen LogP contribution >= 0.6 is 23.1 Å². The van der Waals surface area contributed by atoms with E-state index in [0.29, 0.717) is 16.7 Å². The van der Waals surface area contributed by atoms with Gasteiger partial charge in [-0.3, -0.25) is 9.36 Å². The van der Waals surface area contributed by atoms with Gasteiger partial charge in [-0.25, -0.2) is 4.98 Å². The summed E-state index contributed by atoms with van der Waals surface area (Å²) in [5, 5.41) is 11.2. The van der Waals surface area contributed by atoms with Gasteiger partial charge in [0.15, 0.2) is 17.5 Å². The van der Waals surface area contributed by atoms with Crippen LogP contribution in [0, 0.1) is 27.7 Å². The summed E-state index contributed by atoms with van der Waals surface area (Å²) < 4.78 is 13.4. The molecule has 4 aromatic rings. The average molecular weight is 455 g/mol. The maximum Gasteiger partial charge on any atom is 0.277 e. The smallest absolute Gasteiger partial charge is 0.277 e. The molecule has 0 aliphatic heterocycles. The first-order chi connectivity index (χ1) is 14.9. The number of thioether (sulfide) groups is 1. The first kappa shape index (κ1) is 21.3. The summed E-state index contributed by atoms with van der Waals surface area (Å²) in [7, 11) is 0. The van der Waals surface area contributed by atoms with Gasteiger partial charge in [-0.1, -0.05) is 23.9 Å². The molecular weight excluding hydrogens is 432 g/mol. The number of Topliss-reactive ketones (excluding diaryl/α,β-unsaturated/α-hetero) is 1. The van der Waals surface area contributed by atoms with Gasteiger partial charge in [0.2, 0.25) is 0 Å². The third-order valence-corrected chi connectivity index (χ3v) is 6.39. The third-order valence-electron chi connectivity index (χ3n) is 4.81. The zero-order valence-electron chi connectivity index (χ0n) is 17.7. The molecule has 0 aliphatic rings. The van der Waals surface area contributed by atoms with Gasteiger partial charge in [0.1, 0.15) is 5.75 Å². The van der Waals surface area contributed by atoms with Gasteiger partial charge in [0.25, 0.3) is 11.1 Å². The van der Waals surface area contributed by atoms with Crippen LogP contribution < -0.4 is 4.74 Å². The Morgan fingerprint density at radius 2 is 2.03 bits per heavy atom. The minimum atomic E-state index is 0.00675. The van der Waals surface area contributed by atoms with E-state index >= 15 is 0 Å². The minimum Gasteiger partial charge on any atom is -0.484 e. The van der Waals surface area contributed by atoms with Gasteiger partial charge in [-0.2, -0.15) is 0 Å². The monoisotopic (exact) mass is 454 g/mol. The van der Waals surface area contributed by atoms with Crippen LogP contribution in [-0.2, 0) is 6.61 Å². The Morgan fingerprint density at radius 3 is 2.81 bits per heavy atom. The summed E-state index contributed by atoms with van der Waals surface area (Å²) in [6.07, 6.45) is 1.76. The molecule has 0 atom stereocenters. The van der Waals surface area contributed by atoms with E-state index in [1.54, 1.807) is 6.20 Å². The van der Waals surface area contributed by atoms with Crippen molar-refractivity contribution in [1.29, 1.82) is 0 Å². The first-order valence-corrected chi connectivity index (χ1v) is 11.6. The van der Waals surface area contributed by atoms with Crippen LogP contribution in [0.1, 0.15) is 38.8 Å². The van der Waals surface area contributed by atoms with E-state index in [-0.39, 0.29) is 18.1 Å². The first-order valence-electron chi connectivity index (χ1n) is 9.69. The molecule has 0 fully saturated rings. The fraction of sp³-hybridized carbons (Fsp3) is 0.273. The van der Waals surface area contributed by atoms with Gasteiger partial charge < -0.3 is 9.15 Å². The minimum absolute atomic E-state index is 0.00675. The Kier molecular flexibility index (Phi) is 6.24. The quantitative estimate of drug-likeness (QED) is 0.270. The number of benzene rings is 1. The Hall–Kier alpha value is -2.91. The zero-order valence-corrected chi connectivity index (χ0v) is 19.3. The second-order valence-electron chi connectivity index (χ2n) is 7.17. The number of hydrogen-bond acceptors (Lipinski definition) is 8. The number of carbonyl (C=O) groups is 1. The van der Waals surface area contributed by atoms with Crippen molar-refractivity contribution in [3.8, 4) is 10.9 Å². The lowest BCUT2D eigenvalue weighted by Gasteiger charge is -2.07. The summed E-state index contributed by atoms with van der Waals surface area (Å²) in [4.78, 5) is 17.1. The maximum atomic E-state index is 12.8. The molecule has 0 radical (unpaired) electrons. The fourth-order valence-electron chi connectivity index (χ4n) is 3.23. The van der Waals surface area contributed by atoms with Crippen LogP contribution in [0.3, 0.4) is 0 Å². The molecule has 0 saturated heterocycles. The van der Waals surface area contributed by atoms with Gasteiger partial charge in [0.05, 0.1) is 5.75 Å². The summed E-state index contributed by atoms with van der Waals surface area (Å²) >= 11 is 2.76. The van der Waals surface area contributed by atoms with Crippen molar-refractivity contribution in [2.24, 2.45) is 0 Å². The molecule has 0 spiro atoms. The molecular formula is C22H22N4O3S2. The summed E-state index contributed by atoms with van der Waals surface area (Å²) in [5.41, 5.74) is 4.70. The molecule has 1 aromatic carbocycles. The highest BCUT2D eigenvalue weighted by Gasteiger charge is 2.19. The number of thiazole rings is 1. The number of ether oxygens (including phenoxy) is 1. The molecule has 9 heteroatoms. The molecule has 160 valence electrons. The van der Waals surface area contributed by atoms with E-state index < -0.39 is 0 Å². The van der Waals surface area contributed by atoms with E-state index in [2.05, 4.69) is 15.2 Å². The van der Waals surface area contributed by atoms with E-state index in [4.69, 9.17) is 9.15 Å². The van der Waals surface area contributed by atoms with E-state index in [0.717, 1.165) is 33.4 Å². The van der Waals surface area contributed by atoms with Crippen LogP contribution in [0.5, 0.6) is 5.75 Å². The third kappa shape index (κ3) is 4.72. The van der Waals surface area contributed by atoms with E-state index in [1.807, 2.05) is 61.9 Å². The van der Waals surface area contributed by atoms with Crippen LogP contribution in [0.4, 0.5) is 0 Å². The van der Waals surface area contributed by atoms with Crippen molar-refractivity contribution < 1.29 is 13.9 Å². The molecule has 0 aliphatic carbocycles. The van der Waals surface area contributed by atoms with Crippen molar-refractivity contribution in [3.63, 3.8) is 0 Å². The number of ketones is 1. The number of aryl methyl sites for hydroxylation is 3. The number of nitrogens with zero attached hydrogens (tertiary/aromatic N) is 4. The Labute approximate surface area is 188 Å². The lowest BCUT2D eigenvalue weighted by Crippen LogP contribution is -2.05. The number of aromatic nitrogens is 4. The number of rotatable bonds is 8. The van der Waals surface area contributed by atoms with Gasteiger partial charge >= 0.3 is 0 Å². The summed E-state index contributed by atoms with van der Waals surface area (Å²) in [6, 6.07) is 7.92. The van der Waals surface area contributed by atoms with Crippen molar-refractivity contribution in [2.45, 2.75) is 39.5 Å². The largest absolute Gasteiger partial charge is 0.484 e. The van der Waals surface area contributed by atoms with E-state index in [9.17, 15) is 4.79 Å². The molecule has 4 rings (SSSR count). The van der Waals surface area contributed by atoms with Crippen molar-refractivity contribution >= 4 is 28.9 Å². The zero-order chi connectivity index (χ0) is 22.0. The Bertz CT molecular complexity index is 1210. The van der Waals surface area contributed by atoms with Crippen molar-refractivity contribution in [2.75, 3.05) is 5.75 Å². The summed E-state index contributed by atoms with van der Waals surface area (Å²) in [5.74, 6) is 1.38. The normalized spacial score (nSPS) is 11.1. The predicted molar refractivity (Wildman–Crippen MR) is 121 cm³/mol. The highest BCUT2D eigenvalue weighted by molar-refractivity contribution is 7.99. The van der Waals surface area contributed by atoms with Crippen molar-refractivity contribution in [3.05, 3.63) is 69.8 Å². The molecule has 0 saturated carbocycles. The molecule has 31 heavy (non-hydrogen) atoms. The average Bonchev–Trinajstić information content (AvgIpc) is 3.48. The maximum absolute atomic E-state index is 12.8. The molecule has 7 nitrogen and oxygen atoms in total. The number of hydrogen-bond donors (Lipinski definition) is 0. The molecule has 0 bridgehead atoms. The Balaban J connectivity index is 1.37. The molecule has 3 aromatic heterocycles. The van der Waals surface area contributed by atoms with Crippen LogP contribution in [0.15, 0.2) is 45.5 Å². The second-order valence-corrected chi connectivity index (χ2v) is 8.97. The Morgan fingerprint density at radius 1 is 1.19 bits per heavy atom. The lowest BCUT2D eigenvalue weighted by atomic mass is 10.1. The van der Waals surface area contributed by atoms with Gasteiger partial charge in [-0.15, -0.1) is 21.5 Å². The number of carbonyl (C=O) groups excluding carboxylic acids is 1. The van der Waals surface area contributed by atoms with Crippen LogP contribution in [-0.4, -0.2) is 31.3 Å². The molecule has 0 unspecified atom stereocenters. The molecule has 3 heterocycles.